The number of ether oxygens (including phenoxy) is 1. The van der Waals surface area contributed by atoms with Crippen LogP contribution in [0.1, 0.15) is 21.1 Å². The van der Waals surface area contributed by atoms with Gasteiger partial charge in [0.1, 0.15) is 11.5 Å². The molecule has 0 saturated heterocycles. The molecule has 0 spiro atoms. The van der Waals surface area contributed by atoms with Crippen LogP contribution in [-0.4, -0.2) is 41.7 Å². The Hall–Kier alpha value is -2.32. The van der Waals surface area contributed by atoms with Crippen LogP contribution in [0.2, 0.25) is 0 Å². The highest BCUT2D eigenvalue weighted by molar-refractivity contribution is 7.09. The van der Waals surface area contributed by atoms with E-state index in [0.717, 1.165) is 0 Å². The molecule has 8 heteroatoms. The standard InChI is InChI=1S/C15H15FN2O4S/c1-22-12(15(20)21)7-17-14(19)11-8-23-13(18-11)6-9-4-2-3-5-10(9)16/h2-5,8,12H,6-7H2,1H3,(H,17,19)(H,20,21). The molecule has 1 amide bonds. The zero-order valence-electron chi connectivity index (χ0n) is 12.3. The van der Waals surface area contributed by atoms with E-state index in [2.05, 4.69) is 10.3 Å². The van der Waals surface area contributed by atoms with Gasteiger partial charge in [-0.1, -0.05) is 18.2 Å². The number of aromatic nitrogens is 1. The maximum absolute atomic E-state index is 13.6. The quantitative estimate of drug-likeness (QED) is 0.802. The molecule has 1 aromatic heterocycles. The molecule has 0 saturated carbocycles. The topological polar surface area (TPSA) is 88.5 Å². The van der Waals surface area contributed by atoms with E-state index in [1.807, 2.05) is 0 Å². The summed E-state index contributed by atoms with van der Waals surface area (Å²) in [7, 11) is 1.25. The number of carbonyl (C=O) groups is 2. The molecule has 122 valence electrons. The van der Waals surface area contributed by atoms with Gasteiger partial charge < -0.3 is 15.2 Å². The van der Waals surface area contributed by atoms with Crippen LogP contribution in [-0.2, 0) is 16.0 Å². The summed E-state index contributed by atoms with van der Waals surface area (Å²) in [6.45, 7) is -0.162. The lowest BCUT2D eigenvalue weighted by Gasteiger charge is -2.10. The second kappa shape index (κ2) is 7.80. The van der Waals surface area contributed by atoms with Crippen LogP contribution in [0.15, 0.2) is 29.6 Å². The van der Waals surface area contributed by atoms with Crippen molar-refractivity contribution in [1.82, 2.24) is 10.3 Å². The maximum Gasteiger partial charge on any atom is 0.334 e. The van der Waals surface area contributed by atoms with E-state index in [0.29, 0.717) is 17.0 Å². The third kappa shape index (κ3) is 4.57. The molecule has 1 heterocycles. The number of rotatable bonds is 7. The predicted octanol–water partition coefficient (Wildman–Crippen LogP) is 1.70. The molecule has 2 aromatic rings. The van der Waals surface area contributed by atoms with Crippen molar-refractivity contribution in [3.05, 3.63) is 51.7 Å². The van der Waals surface area contributed by atoms with Crippen molar-refractivity contribution in [1.29, 1.82) is 0 Å². The summed E-state index contributed by atoms with van der Waals surface area (Å²) in [5, 5.41) is 13.4. The fourth-order valence-electron chi connectivity index (χ4n) is 1.85. The lowest BCUT2D eigenvalue weighted by molar-refractivity contribution is -0.148. The first kappa shape index (κ1) is 17.0. The number of halogens is 1. The summed E-state index contributed by atoms with van der Waals surface area (Å²) in [6, 6.07) is 6.37. The monoisotopic (exact) mass is 338 g/mol. The third-order valence-corrected chi connectivity index (χ3v) is 3.94. The van der Waals surface area contributed by atoms with Crippen LogP contribution in [0.5, 0.6) is 0 Å². The first-order chi connectivity index (χ1) is 11.0. The molecule has 2 N–H and O–H groups in total. The summed E-state index contributed by atoms with van der Waals surface area (Å²) in [5.41, 5.74) is 0.667. The molecule has 0 aliphatic rings. The van der Waals surface area contributed by atoms with Gasteiger partial charge in [0.25, 0.3) is 5.91 Å². The van der Waals surface area contributed by atoms with Gasteiger partial charge in [-0.3, -0.25) is 4.79 Å². The van der Waals surface area contributed by atoms with Crippen molar-refractivity contribution in [2.24, 2.45) is 0 Å². The number of methoxy groups -OCH3 is 1. The number of nitrogens with one attached hydrogen (secondary N) is 1. The Morgan fingerprint density at radius 1 is 1.43 bits per heavy atom. The zero-order valence-corrected chi connectivity index (χ0v) is 13.1. The maximum atomic E-state index is 13.6. The lowest BCUT2D eigenvalue weighted by atomic mass is 10.1. The molecule has 1 atom stereocenters. The van der Waals surface area contributed by atoms with Gasteiger partial charge in [-0.05, 0) is 11.6 Å². The Balaban J connectivity index is 1.97. The summed E-state index contributed by atoms with van der Waals surface area (Å²) in [6.07, 6.45) is -0.823. The first-order valence-electron chi connectivity index (χ1n) is 6.73. The molecule has 0 radical (unpaired) electrons. The zero-order chi connectivity index (χ0) is 16.8. The van der Waals surface area contributed by atoms with Gasteiger partial charge >= 0.3 is 5.97 Å². The normalized spacial score (nSPS) is 11.9. The van der Waals surface area contributed by atoms with Crippen molar-refractivity contribution >= 4 is 23.2 Å². The van der Waals surface area contributed by atoms with Gasteiger partial charge in [0, 0.05) is 18.9 Å². The number of hydrogen-bond acceptors (Lipinski definition) is 5. The average molecular weight is 338 g/mol. The highest BCUT2D eigenvalue weighted by Crippen LogP contribution is 2.17. The number of benzene rings is 1. The van der Waals surface area contributed by atoms with Gasteiger partial charge in [0.15, 0.2) is 6.10 Å². The Morgan fingerprint density at radius 3 is 2.83 bits per heavy atom. The fraction of sp³-hybridized carbons (Fsp3) is 0.267. The number of aliphatic carboxylic acids is 1. The van der Waals surface area contributed by atoms with E-state index >= 15 is 0 Å². The molecular weight excluding hydrogens is 323 g/mol. The molecule has 1 unspecified atom stereocenters. The van der Waals surface area contributed by atoms with E-state index in [1.165, 1.54) is 24.5 Å². The van der Waals surface area contributed by atoms with E-state index in [1.54, 1.807) is 23.6 Å². The van der Waals surface area contributed by atoms with Crippen LogP contribution in [0.4, 0.5) is 4.39 Å². The summed E-state index contributed by atoms with van der Waals surface area (Å²) >= 11 is 1.24. The molecule has 6 nitrogen and oxygen atoms in total. The van der Waals surface area contributed by atoms with Crippen LogP contribution in [0, 0.1) is 5.82 Å². The molecule has 1 aromatic carbocycles. The van der Waals surface area contributed by atoms with Crippen molar-refractivity contribution in [2.75, 3.05) is 13.7 Å². The molecular formula is C15H15FN2O4S. The van der Waals surface area contributed by atoms with Gasteiger partial charge in [-0.2, -0.15) is 0 Å². The highest BCUT2D eigenvalue weighted by atomic mass is 32.1. The minimum Gasteiger partial charge on any atom is -0.479 e. The molecule has 0 aliphatic carbocycles. The first-order valence-corrected chi connectivity index (χ1v) is 7.61. The largest absolute Gasteiger partial charge is 0.479 e. The summed E-state index contributed by atoms with van der Waals surface area (Å²) < 4.78 is 18.3. The fourth-order valence-corrected chi connectivity index (χ4v) is 2.65. The molecule has 2 rings (SSSR count). The van der Waals surface area contributed by atoms with Crippen molar-refractivity contribution in [3.63, 3.8) is 0 Å². The van der Waals surface area contributed by atoms with E-state index in [4.69, 9.17) is 9.84 Å². The van der Waals surface area contributed by atoms with Crippen LogP contribution in [0.25, 0.3) is 0 Å². The SMILES string of the molecule is COC(CNC(=O)c1csc(Cc2ccccc2F)n1)C(=O)O. The van der Waals surface area contributed by atoms with Crippen molar-refractivity contribution < 1.29 is 23.8 Å². The van der Waals surface area contributed by atoms with Crippen LogP contribution >= 0.6 is 11.3 Å². The Kier molecular flexibility index (Phi) is 5.78. The molecule has 0 fully saturated rings. The van der Waals surface area contributed by atoms with Gasteiger partial charge in [0.2, 0.25) is 0 Å². The van der Waals surface area contributed by atoms with E-state index in [9.17, 15) is 14.0 Å². The van der Waals surface area contributed by atoms with E-state index in [-0.39, 0.29) is 18.1 Å². The minimum absolute atomic E-state index is 0.162. The minimum atomic E-state index is -1.16. The number of hydrogen-bond donors (Lipinski definition) is 2. The molecule has 0 bridgehead atoms. The number of thiazole rings is 1. The van der Waals surface area contributed by atoms with Crippen molar-refractivity contribution in [2.45, 2.75) is 12.5 Å². The molecule has 0 aliphatic heterocycles. The van der Waals surface area contributed by atoms with Crippen LogP contribution in [0.3, 0.4) is 0 Å². The third-order valence-electron chi connectivity index (χ3n) is 3.09. The number of carboxylic acid groups (broad SMARTS) is 1. The van der Waals surface area contributed by atoms with Crippen molar-refractivity contribution in [3.8, 4) is 0 Å². The number of nitrogens with zero attached hydrogens (tertiary/aromatic N) is 1. The summed E-state index contributed by atoms with van der Waals surface area (Å²) in [4.78, 5) is 26.9. The average Bonchev–Trinajstić information content (AvgIpc) is 2.98. The predicted molar refractivity (Wildman–Crippen MR) is 82.1 cm³/mol. The van der Waals surface area contributed by atoms with E-state index < -0.39 is 18.0 Å². The number of carboxylic acids is 1. The Labute approximate surface area is 135 Å². The second-order valence-electron chi connectivity index (χ2n) is 4.67. The van der Waals surface area contributed by atoms with Crippen LogP contribution < -0.4 is 5.32 Å². The smallest absolute Gasteiger partial charge is 0.334 e. The number of amides is 1. The van der Waals surface area contributed by atoms with Gasteiger partial charge in [-0.25, -0.2) is 14.2 Å². The number of carbonyl (C=O) groups excluding carboxylic acids is 1. The second-order valence-corrected chi connectivity index (χ2v) is 5.61. The Morgan fingerprint density at radius 2 is 2.17 bits per heavy atom. The van der Waals surface area contributed by atoms with Gasteiger partial charge in [-0.15, -0.1) is 11.3 Å². The lowest BCUT2D eigenvalue weighted by Crippen LogP contribution is -2.37. The highest BCUT2D eigenvalue weighted by Gasteiger charge is 2.19. The Bertz CT molecular complexity index is 704. The summed E-state index contributed by atoms with van der Waals surface area (Å²) in [5.74, 6) is -1.98. The van der Waals surface area contributed by atoms with Gasteiger partial charge in [0.05, 0.1) is 11.6 Å². The molecule has 23 heavy (non-hydrogen) atoms.